The normalized spacial score (nSPS) is 10.6. The Morgan fingerprint density at radius 2 is 2.00 bits per heavy atom. The number of aromatic nitrogens is 1. The molecule has 0 spiro atoms. The Morgan fingerprint density at radius 1 is 1.11 bits per heavy atom. The predicted octanol–water partition coefficient (Wildman–Crippen LogP) is 3.98. The summed E-state index contributed by atoms with van der Waals surface area (Å²) in [6.07, 6.45) is 1.69. The van der Waals surface area contributed by atoms with Gasteiger partial charge in [-0.3, -0.25) is 4.98 Å². The summed E-state index contributed by atoms with van der Waals surface area (Å²) in [7, 11) is 3.26. The van der Waals surface area contributed by atoms with Crippen LogP contribution in [-0.4, -0.2) is 19.2 Å². The summed E-state index contributed by atoms with van der Waals surface area (Å²) >= 11 is 1.72. The Bertz CT molecular complexity index is 707. The van der Waals surface area contributed by atoms with Crippen LogP contribution in [0.4, 0.5) is 0 Å². The van der Waals surface area contributed by atoms with E-state index in [9.17, 15) is 0 Å². The van der Waals surface area contributed by atoms with Gasteiger partial charge in [-0.05, 0) is 29.1 Å². The van der Waals surface area contributed by atoms with E-state index in [1.165, 1.54) is 10.4 Å². The van der Waals surface area contributed by atoms with Gasteiger partial charge in [0.2, 0.25) is 0 Å². The maximum Gasteiger partial charge on any atom is 0.179 e. The fraction of sp³-hybridized carbons (Fsp3) is 0.133. The molecule has 0 atom stereocenters. The SMILES string of the molecule is COc1cnc2cc(-c3cccs3)ccc2c1OC. The number of ether oxygens (including phenoxy) is 2. The highest BCUT2D eigenvalue weighted by Gasteiger charge is 2.10. The molecule has 3 nitrogen and oxygen atoms in total. The molecule has 0 aliphatic heterocycles. The summed E-state index contributed by atoms with van der Waals surface area (Å²) in [6, 6.07) is 10.3. The van der Waals surface area contributed by atoms with E-state index in [2.05, 4.69) is 28.6 Å². The van der Waals surface area contributed by atoms with E-state index in [-0.39, 0.29) is 0 Å². The van der Waals surface area contributed by atoms with Crippen molar-refractivity contribution < 1.29 is 9.47 Å². The van der Waals surface area contributed by atoms with Gasteiger partial charge in [0, 0.05) is 10.3 Å². The molecule has 96 valence electrons. The van der Waals surface area contributed by atoms with Gasteiger partial charge in [-0.1, -0.05) is 12.1 Å². The van der Waals surface area contributed by atoms with Crippen molar-refractivity contribution in [1.82, 2.24) is 4.98 Å². The summed E-state index contributed by atoms with van der Waals surface area (Å²) in [5.41, 5.74) is 2.07. The third kappa shape index (κ3) is 2.04. The van der Waals surface area contributed by atoms with Crippen LogP contribution in [0.15, 0.2) is 41.9 Å². The quantitative estimate of drug-likeness (QED) is 0.722. The molecule has 1 aromatic carbocycles. The van der Waals surface area contributed by atoms with Crippen molar-refractivity contribution in [3.05, 3.63) is 41.9 Å². The maximum atomic E-state index is 5.42. The molecule has 0 unspecified atom stereocenters. The van der Waals surface area contributed by atoms with Crippen LogP contribution in [0.2, 0.25) is 0 Å². The zero-order valence-corrected chi connectivity index (χ0v) is 11.5. The van der Waals surface area contributed by atoms with Gasteiger partial charge in [-0.2, -0.15) is 0 Å². The second kappa shape index (κ2) is 4.90. The number of thiophene rings is 1. The molecule has 0 aliphatic rings. The van der Waals surface area contributed by atoms with E-state index in [1.54, 1.807) is 31.8 Å². The van der Waals surface area contributed by atoms with Crippen LogP contribution in [-0.2, 0) is 0 Å². The zero-order chi connectivity index (χ0) is 13.2. The van der Waals surface area contributed by atoms with Gasteiger partial charge in [0.25, 0.3) is 0 Å². The average molecular weight is 271 g/mol. The van der Waals surface area contributed by atoms with Gasteiger partial charge >= 0.3 is 0 Å². The number of nitrogens with zero attached hydrogens (tertiary/aromatic N) is 1. The lowest BCUT2D eigenvalue weighted by Crippen LogP contribution is -1.93. The molecule has 0 radical (unpaired) electrons. The Labute approximate surface area is 115 Å². The molecule has 0 saturated carbocycles. The third-order valence-electron chi connectivity index (χ3n) is 3.02. The van der Waals surface area contributed by atoms with Gasteiger partial charge in [-0.15, -0.1) is 11.3 Å². The molecule has 0 N–H and O–H groups in total. The molecule has 4 heteroatoms. The number of hydrogen-bond acceptors (Lipinski definition) is 4. The molecule has 0 aliphatic carbocycles. The van der Waals surface area contributed by atoms with Gasteiger partial charge in [-0.25, -0.2) is 0 Å². The Kier molecular flexibility index (Phi) is 3.09. The highest BCUT2D eigenvalue weighted by atomic mass is 32.1. The first-order valence-corrected chi connectivity index (χ1v) is 6.76. The molecular weight excluding hydrogens is 258 g/mol. The summed E-state index contributed by atoms with van der Waals surface area (Å²) in [5.74, 6) is 1.38. The molecular formula is C15H13NO2S. The first kappa shape index (κ1) is 12.0. The second-order valence-corrected chi connectivity index (χ2v) is 5.02. The van der Waals surface area contributed by atoms with Crippen LogP contribution in [0, 0.1) is 0 Å². The molecule has 0 saturated heterocycles. The number of fused-ring (bicyclic) bond motifs is 1. The third-order valence-corrected chi connectivity index (χ3v) is 3.94. The van der Waals surface area contributed by atoms with E-state index < -0.39 is 0 Å². The average Bonchev–Trinajstić information content (AvgIpc) is 2.99. The number of hydrogen-bond donors (Lipinski definition) is 0. The highest BCUT2D eigenvalue weighted by molar-refractivity contribution is 7.13. The van der Waals surface area contributed by atoms with E-state index in [0.717, 1.165) is 16.7 Å². The minimum Gasteiger partial charge on any atom is -0.492 e. The van der Waals surface area contributed by atoms with Crippen molar-refractivity contribution in [3.8, 4) is 21.9 Å². The molecule has 0 amide bonds. The Hall–Kier alpha value is -2.07. The van der Waals surface area contributed by atoms with E-state index in [4.69, 9.17) is 9.47 Å². The van der Waals surface area contributed by atoms with Crippen molar-refractivity contribution in [2.24, 2.45) is 0 Å². The molecule has 19 heavy (non-hydrogen) atoms. The van der Waals surface area contributed by atoms with Gasteiger partial charge in [0.1, 0.15) is 0 Å². The number of rotatable bonds is 3. The van der Waals surface area contributed by atoms with Crippen molar-refractivity contribution in [1.29, 1.82) is 0 Å². The van der Waals surface area contributed by atoms with Gasteiger partial charge in [0.05, 0.1) is 25.9 Å². The molecule has 2 aromatic heterocycles. The van der Waals surface area contributed by atoms with Crippen LogP contribution >= 0.6 is 11.3 Å². The highest BCUT2D eigenvalue weighted by Crippen LogP contribution is 2.36. The predicted molar refractivity (Wildman–Crippen MR) is 78.2 cm³/mol. The Morgan fingerprint density at radius 3 is 2.68 bits per heavy atom. The minimum absolute atomic E-state index is 0.652. The van der Waals surface area contributed by atoms with Crippen LogP contribution < -0.4 is 9.47 Å². The largest absolute Gasteiger partial charge is 0.492 e. The maximum absolute atomic E-state index is 5.42. The van der Waals surface area contributed by atoms with Crippen LogP contribution in [0.1, 0.15) is 0 Å². The fourth-order valence-electron chi connectivity index (χ4n) is 2.10. The van der Waals surface area contributed by atoms with E-state index in [1.807, 2.05) is 12.1 Å². The van der Waals surface area contributed by atoms with E-state index in [0.29, 0.717) is 5.75 Å². The Balaban J connectivity index is 2.20. The van der Waals surface area contributed by atoms with Crippen molar-refractivity contribution in [2.75, 3.05) is 14.2 Å². The lowest BCUT2D eigenvalue weighted by Gasteiger charge is -2.10. The van der Waals surface area contributed by atoms with Crippen LogP contribution in [0.25, 0.3) is 21.3 Å². The molecule has 3 rings (SSSR count). The van der Waals surface area contributed by atoms with Crippen molar-refractivity contribution >= 4 is 22.2 Å². The lowest BCUT2D eigenvalue weighted by atomic mass is 10.1. The van der Waals surface area contributed by atoms with Gasteiger partial charge < -0.3 is 9.47 Å². The van der Waals surface area contributed by atoms with Crippen molar-refractivity contribution in [2.45, 2.75) is 0 Å². The standard InChI is InChI=1S/C15H13NO2S/c1-17-13-9-16-12-8-10(14-4-3-7-19-14)5-6-11(12)15(13)18-2/h3-9H,1-2H3. The zero-order valence-electron chi connectivity index (χ0n) is 10.7. The summed E-state index contributed by atoms with van der Waals surface area (Å²) in [5, 5.41) is 3.03. The topological polar surface area (TPSA) is 31.4 Å². The van der Waals surface area contributed by atoms with Gasteiger partial charge in [0.15, 0.2) is 11.5 Å². The summed E-state index contributed by atoms with van der Waals surface area (Å²) < 4.78 is 10.7. The first-order valence-electron chi connectivity index (χ1n) is 5.88. The van der Waals surface area contributed by atoms with Crippen LogP contribution in [0.3, 0.4) is 0 Å². The first-order chi connectivity index (χ1) is 9.33. The lowest BCUT2D eigenvalue weighted by molar-refractivity contribution is 0.357. The fourth-order valence-corrected chi connectivity index (χ4v) is 2.83. The monoisotopic (exact) mass is 271 g/mol. The molecule has 3 aromatic rings. The summed E-state index contributed by atoms with van der Waals surface area (Å²) in [6.45, 7) is 0. The second-order valence-electron chi connectivity index (χ2n) is 4.07. The van der Waals surface area contributed by atoms with Crippen LogP contribution in [0.5, 0.6) is 11.5 Å². The smallest absolute Gasteiger partial charge is 0.179 e. The number of pyridine rings is 1. The van der Waals surface area contributed by atoms with Crippen molar-refractivity contribution in [3.63, 3.8) is 0 Å². The molecule has 2 heterocycles. The minimum atomic E-state index is 0.652. The number of benzene rings is 1. The summed E-state index contributed by atoms with van der Waals surface area (Å²) in [4.78, 5) is 5.67. The molecule has 0 fully saturated rings. The van der Waals surface area contributed by atoms with E-state index >= 15 is 0 Å². The molecule has 0 bridgehead atoms. The number of methoxy groups -OCH3 is 2.